The Hall–Kier alpha value is -1.50. The van der Waals surface area contributed by atoms with Gasteiger partial charge in [0.2, 0.25) is 5.82 Å². The van der Waals surface area contributed by atoms with Gasteiger partial charge in [0.1, 0.15) is 0 Å². The Bertz CT molecular complexity index is 540. The van der Waals surface area contributed by atoms with E-state index in [4.69, 9.17) is 0 Å². The molecule has 2 aromatic heterocycles. The monoisotopic (exact) mass is 317 g/mol. The molecule has 2 rings (SSSR count). The van der Waals surface area contributed by atoms with Crippen molar-refractivity contribution in [3.05, 3.63) is 52.3 Å². The smallest absolute Gasteiger partial charge is 0.260 e. The zero-order valence-corrected chi connectivity index (χ0v) is 10.5. The zero-order chi connectivity index (χ0) is 13.2. The summed E-state index contributed by atoms with van der Waals surface area (Å²) in [4.78, 5) is 10.7. The average Bonchev–Trinajstić information content (AvgIpc) is 2.32. The molecule has 0 radical (unpaired) electrons. The third-order valence-corrected chi connectivity index (χ3v) is 2.89. The molecular formula is C11H7BrF3N3. The van der Waals surface area contributed by atoms with Crippen molar-refractivity contribution >= 4 is 15.9 Å². The van der Waals surface area contributed by atoms with Crippen LogP contribution in [0.4, 0.5) is 13.2 Å². The lowest BCUT2D eigenvalue weighted by Gasteiger charge is -2.06. The first-order valence-corrected chi connectivity index (χ1v) is 5.73. The molecule has 0 aromatic carbocycles. The lowest BCUT2D eigenvalue weighted by molar-refractivity contribution is -0.145. The Labute approximate surface area is 109 Å². The second kappa shape index (κ2) is 5.01. The molecule has 0 aliphatic carbocycles. The molecule has 0 aliphatic heterocycles. The standard InChI is InChI=1S/C11H7BrF3N3/c12-8-2-1-3-16-9(8)4-7-5-17-10(18-6-7)11(13,14)15/h1-3,5-6H,4H2. The number of pyridine rings is 1. The zero-order valence-electron chi connectivity index (χ0n) is 8.95. The maximum absolute atomic E-state index is 12.3. The van der Waals surface area contributed by atoms with Gasteiger partial charge >= 0.3 is 6.18 Å². The average molecular weight is 318 g/mol. The highest BCUT2D eigenvalue weighted by molar-refractivity contribution is 9.10. The van der Waals surface area contributed by atoms with Gasteiger partial charge in [0.25, 0.3) is 0 Å². The molecule has 0 bridgehead atoms. The van der Waals surface area contributed by atoms with Gasteiger partial charge in [-0.1, -0.05) is 0 Å². The molecule has 0 spiro atoms. The summed E-state index contributed by atoms with van der Waals surface area (Å²) in [6, 6.07) is 3.57. The minimum atomic E-state index is -4.51. The highest BCUT2D eigenvalue weighted by Gasteiger charge is 2.34. The van der Waals surface area contributed by atoms with Crippen LogP contribution in [-0.4, -0.2) is 15.0 Å². The van der Waals surface area contributed by atoms with Gasteiger partial charge in [-0.2, -0.15) is 13.2 Å². The second-order valence-corrected chi connectivity index (χ2v) is 4.38. The van der Waals surface area contributed by atoms with Gasteiger partial charge in [0, 0.05) is 29.5 Å². The van der Waals surface area contributed by atoms with E-state index in [0.29, 0.717) is 12.0 Å². The van der Waals surface area contributed by atoms with Crippen LogP contribution < -0.4 is 0 Å². The molecule has 3 nitrogen and oxygen atoms in total. The predicted octanol–water partition coefficient (Wildman–Crippen LogP) is 3.24. The number of alkyl halides is 3. The van der Waals surface area contributed by atoms with Gasteiger partial charge in [0.05, 0.1) is 5.69 Å². The maximum atomic E-state index is 12.3. The fraction of sp³-hybridized carbons (Fsp3) is 0.182. The number of hydrogen-bond acceptors (Lipinski definition) is 3. The molecule has 7 heteroatoms. The Morgan fingerprint density at radius 2 is 1.78 bits per heavy atom. The number of aromatic nitrogens is 3. The quantitative estimate of drug-likeness (QED) is 0.853. The molecule has 0 atom stereocenters. The lowest BCUT2D eigenvalue weighted by Crippen LogP contribution is -2.11. The van der Waals surface area contributed by atoms with Crippen molar-refractivity contribution in [1.82, 2.24) is 15.0 Å². The van der Waals surface area contributed by atoms with Crippen LogP contribution in [-0.2, 0) is 12.6 Å². The van der Waals surface area contributed by atoms with E-state index in [1.807, 2.05) is 6.07 Å². The minimum Gasteiger partial charge on any atom is -0.260 e. The fourth-order valence-corrected chi connectivity index (χ4v) is 1.73. The van der Waals surface area contributed by atoms with Crippen LogP contribution in [0.25, 0.3) is 0 Å². The van der Waals surface area contributed by atoms with E-state index < -0.39 is 12.0 Å². The van der Waals surface area contributed by atoms with Gasteiger partial charge in [-0.05, 0) is 33.6 Å². The Morgan fingerprint density at radius 3 is 2.33 bits per heavy atom. The van der Waals surface area contributed by atoms with Gasteiger partial charge in [-0.3, -0.25) is 4.98 Å². The summed E-state index contributed by atoms with van der Waals surface area (Å²) in [5.41, 5.74) is 1.29. The predicted molar refractivity (Wildman–Crippen MR) is 61.8 cm³/mol. The van der Waals surface area contributed by atoms with E-state index in [9.17, 15) is 13.2 Å². The number of nitrogens with zero attached hydrogens (tertiary/aromatic N) is 3. The summed E-state index contributed by atoms with van der Waals surface area (Å²) in [5, 5.41) is 0. The third-order valence-electron chi connectivity index (χ3n) is 2.17. The molecule has 94 valence electrons. The van der Waals surface area contributed by atoms with Crippen molar-refractivity contribution in [3.63, 3.8) is 0 Å². The Balaban J connectivity index is 2.19. The van der Waals surface area contributed by atoms with Crippen LogP contribution in [0.15, 0.2) is 35.2 Å². The molecule has 0 saturated heterocycles. The molecular weight excluding hydrogens is 311 g/mol. The fourth-order valence-electron chi connectivity index (χ4n) is 1.33. The van der Waals surface area contributed by atoms with Crippen LogP contribution >= 0.6 is 15.9 Å². The van der Waals surface area contributed by atoms with Crippen LogP contribution in [0.5, 0.6) is 0 Å². The van der Waals surface area contributed by atoms with Crippen molar-refractivity contribution in [3.8, 4) is 0 Å². The lowest BCUT2D eigenvalue weighted by atomic mass is 10.2. The molecule has 0 unspecified atom stereocenters. The number of halogens is 4. The molecule has 0 amide bonds. The molecule has 0 saturated carbocycles. The van der Waals surface area contributed by atoms with E-state index in [2.05, 4.69) is 30.9 Å². The number of hydrogen-bond donors (Lipinski definition) is 0. The van der Waals surface area contributed by atoms with E-state index >= 15 is 0 Å². The largest absolute Gasteiger partial charge is 0.451 e. The topological polar surface area (TPSA) is 38.7 Å². The van der Waals surface area contributed by atoms with Gasteiger partial charge < -0.3 is 0 Å². The summed E-state index contributed by atoms with van der Waals surface area (Å²) < 4.78 is 37.6. The maximum Gasteiger partial charge on any atom is 0.451 e. The van der Waals surface area contributed by atoms with Crippen molar-refractivity contribution < 1.29 is 13.2 Å². The van der Waals surface area contributed by atoms with Crippen LogP contribution in [0.1, 0.15) is 17.1 Å². The molecule has 0 fully saturated rings. The highest BCUT2D eigenvalue weighted by atomic mass is 79.9. The van der Waals surface area contributed by atoms with E-state index in [1.165, 1.54) is 0 Å². The van der Waals surface area contributed by atoms with Crippen LogP contribution in [0.3, 0.4) is 0 Å². The summed E-state index contributed by atoms with van der Waals surface area (Å²) in [6.45, 7) is 0. The minimum absolute atomic E-state index is 0.375. The SMILES string of the molecule is FC(F)(F)c1ncc(Cc2ncccc2Br)cn1. The van der Waals surface area contributed by atoms with E-state index in [0.717, 1.165) is 22.6 Å². The summed E-state index contributed by atoms with van der Waals surface area (Å²) >= 11 is 3.32. The van der Waals surface area contributed by atoms with Crippen molar-refractivity contribution in [2.75, 3.05) is 0 Å². The molecule has 0 aliphatic rings. The second-order valence-electron chi connectivity index (χ2n) is 3.52. The van der Waals surface area contributed by atoms with E-state index in [-0.39, 0.29) is 0 Å². The first kappa shape index (κ1) is 12.9. The van der Waals surface area contributed by atoms with Gasteiger partial charge in [0.15, 0.2) is 0 Å². The number of rotatable bonds is 2. The first-order chi connectivity index (χ1) is 8.47. The first-order valence-electron chi connectivity index (χ1n) is 4.94. The summed E-state index contributed by atoms with van der Waals surface area (Å²) in [5.74, 6) is -1.13. The van der Waals surface area contributed by atoms with Crippen molar-refractivity contribution in [1.29, 1.82) is 0 Å². The summed E-state index contributed by atoms with van der Waals surface area (Å²) in [7, 11) is 0. The van der Waals surface area contributed by atoms with Gasteiger partial charge in [-0.25, -0.2) is 9.97 Å². The Kier molecular flexibility index (Phi) is 3.60. The highest BCUT2D eigenvalue weighted by Crippen LogP contribution is 2.25. The van der Waals surface area contributed by atoms with Crippen LogP contribution in [0.2, 0.25) is 0 Å². The molecule has 18 heavy (non-hydrogen) atoms. The van der Waals surface area contributed by atoms with Crippen LogP contribution in [0, 0.1) is 0 Å². The van der Waals surface area contributed by atoms with Crippen molar-refractivity contribution in [2.24, 2.45) is 0 Å². The molecule has 2 heterocycles. The molecule has 0 N–H and O–H groups in total. The summed E-state index contributed by atoms with van der Waals surface area (Å²) in [6.07, 6.45) is -0.192. The van der Waals surface area contributed by atoms with E-state index in [1.54, 1.807) is 12.3 Å². The normalized spacial score (nSPS) is 11.6. The third kappa shape index (κ3) is 3.04. The Morgan fingerprint density at radius 1 is 1.11 bits per heavy atom. The van der Waals surface area contributed by atoms with Gasteiger partial charge in [-0.15, -0.1) is 0 Å². The molecule has 2 aromatic rings. The van der Waals surface area contributed by atoms with Crippen molar-refractivity contribution in [2.45, 2.75) is 12.6 Å².